The molecule has 3 rings (SSSR count). The number of thiazole rings is 1. The summed E-state index contributed by atoms with van der Waals surface area (Å²) in [5.74, 6) is -2.55. The van der Waals surface area contributed by atoms with E-state index in [0.717, 1.165) is 21.7 Å². The predicted molar refractivity (Wildman–Crippen MR) is 139 cm³/mol. The average Bonchev–Trinajstić information content (AvgIpc) is 3.44. The van der Waals surface area contributed by atoms with Gasteiger partial charge in [0.2, 0.25) is 17.7 Å². The molecule has 37 heavy (non-hydrogen) atoms. The van der Waals surface area contributed by atoms with Gasteiger partial charge in [-0.25, -0.2) is 4.98 Å². The van der Waals surface area contributed by atoms with Crippen molar-refractivity contribution in [1.82, 2.24) is 20.5 Å². The van der Waals surface area contributed by atoms with Crippen molar-refractivity contribution < 1.29 is 29.4 Å². The predicted octanol–water partition coefficient (Wildman–Crippen LogP) is 2.09. The highest BCUT2D eigenvalue weighted by Gasteiger charge is 2.44. The summed E-state index contributed by atoms with van der Waals surface area (Å²) in [6, 6.07) is 5.91. The Hall–Kier alpha value is -3.31. The molecule has 1 aliphatic heterocycles. The number of carbonyl (C=O) groups excluding carboxylic acids is 3. The molecule has 0 saturated carbocycles. The van der Waals surface area contributed by atoms with Gasteiger partial charge in [-0.1, -0.05) is 45.0 Å². The van der Waals surface area contributed by atoms with Crippen LogP contribution in [0.3, 0.4) is 0 Å². The van der Waals surface area contributed by atoms with Crippen LogP contribution in [0, 0.1) is 12.3 Å². The average molecular weight is 531 g/mol. The molecule has 3 atom stereocenters. The van der Waals surface area contributed by atoms with Crippen molar-refractivity contribution in [2.75, 3.05) is 6.54 Å². The second-order valence-electron chi connectivity index (χ2n) is 10.3. The van der Waals surface area contributed by atoms with E-state index in [4.69, 9.17) is 5.11 Å². The molecule has 11 heteroatoms. The van der Waals surface area contributed by atoms with Gasteiger partial charge in [-0.3, -0.25) is 19.2 Å². The van der Waals surface area contributed by atoms with Crippen LogP contribution in [0.15, 0.2) is 29.8 Å². The number of aryl methyl sites for hydroxylation is 1. The first kappa shape index (κ1) is 28.3. The van der Waals surface area contributed by atoms with Crippen molar-refractivity contribution in [1.29, 1.82) is 0 Å². The van der Waals surface area contributed by atoms with E-state index in [1.807, 2.05) is 31.2 Å². The molecule has 1 aliphatic rings. The molecular weight excluding hydrogens is 496 g/mol. The zero-order valence-electron chi connectivity index (χ0n) is 21.5. The molecular formula is C26H34N4O6S. The molecule has 4 N–H and O–H groups in total. The quantitative estimate of drug-likeness (QED) is 0.388. The highest BCUT2D eigenvalue weighted by Crippen LogP contribution is 2.28. The largest absolute Gasteiger partial charge is 0.481 e. The maximum absolute atomic E-state index is 13.5. The van der Waals surface area contributed by atoms with Crippen LogP contribution in [0.2, 0.25) is 0 Å². The number of aromatic nitrogens is 1. The Morgan fingerprint density at radius 2 is 1.84 bits per heavy atom. The first-order valence-electron chi connectivity index (χ1n) is 12.1. The minimum Gasteiger partial charge on any atom is -0.481 e. The van der Waals surface area contributed by atoms with Crippen LogP contribution in [-0.2, 0) is 25.7 Å². The third kappa shape index (κ3) is 7.36. The molecule has 0 unspecified atom stereocenters. The third-order valence-corrected chi connectivity index (χ3v) is 7.25. The van der Waals surface area contributed by atoms with Gasteiger partial charge in [-0.05, 0) is 23.5 Å². The van der Waals surface area contributed by atoms with Gasteiger partial charge in [0.05, 0.1) is 28.6 Å². The SMILES string of the molecule is Cc1ncsc1-c1ccc(CNC(=O)[C@H]2C[C@@H](O)CN2C(=O)[C@H](NC(=O)CCC(=O)O)C(C)(C)C)cc1. The van der Waals surface area contributed by atoms with E-state index in [2.05, 4.69) is 15.6 Å². The molecule has 1 fully saturated rings. The number of hydrogen-bond donors (Lipinski definition) is 4. The van der Waals surface area contributed by atoms with Gasteiger partial charge in [0.15, 0.2) is 0 Å². The van der Waals surface area contributed by atoms with Gasteiger partial charge < -0.3 is 25.7 Å². The molecule has 0 radical (unpaired) electrons. The molecule has 2 heterocycles. The fraction of sp³-hybridized carbons (Fsp3) is 0.500. The van der Waals surface area contributed by atoms with Crippen molar-refractivity contribution in [3.63, 3.8) is 0 Å². The molecule has 200 valence electrons. The van der Waals surface area contributed by atoms with E-state index < -0.39 is 47.3 Å². The zero-order chi connectivity index (χ0) is 27.3. The van der Waals surface area contributed by atoms with Gasteiger partial charge in [0.25, 0.3) is 0 Å². The molecule has 1 saturated heterocycles. The number of amides is 3. The van der Waals surface area contributed by atoms with Crippen LogP contribution in [0.25, 0.3) is 10.4 Å². The number of nitrogens with zero attached hydrogens (tertiary/aromatic N) is 2. The Labute approximate surface area is 220 Å². The normalized spacial score (nSPS) is 18.4. The van der Waals surface area contributed by atoms with E-state index in [0.29, 0.717) is 0 Å². The number of benzene rings is 1. The number of nitrogens with one attached hydrogen (secondary N) is 2. The molecule has 1 aromatic heterocycles. The summed E-state index contributed by atoms with van der Waals surface area (Å²) in [7, 11) is 0. The number of aliphatic carboxylic acids is 1. The lowest BCUT2D eigenvalue weighted by molar-refractivity contribution is -0.144. The number of β-amino-alcohol motifs (C(OH)–C–C–N with tert-alkyl or cyclic N) is 1. The minimum absolute atomic E-state index is 0.0304. The van der Waals surface area contributed by atoms with Gasteiger partial charge >= 0.3 is 5.97 Å². The molecule has 3 amide bonds. The fourth-order valence-electron chi connectivity index (χ4n) is 4.23. The van der Waals surface area contributed by atoms with Gasteiger partial charge in [-0.2, -0.15) is 0 Å². The number of carboxylic acid groups (broad SMARTS) is 1. The lowest BCUT2D eigenvalue weighted by atomic mass is 9.85. The summed E-state index contributed by atoms with van der Waals surface area (Å²) < 4.78 is 0. The second kappa shape index (κ2) is 11.8. The fourth-order valence-corrected chi connectivity index (χ4v) is 5.05. The lowest BCUT2D eigenvalue weighted by Crippen LogP contribution is -2.57. The summed E-state index contributed by atoms with van der Waals surface area (Å²) in [4.78, 5) is 56.3. The molecule has 2 aromatic rings. The van der Waals surface area contributed by atoms with Crippen LogP contribution >= 0.6 is 11.3 Å². The van der Waals surface area contributed by atoms with E-state index in [-0.39, 0.29) is 32.4 Å². The monoisotopic (exact) mass is 530 g/mol. The molecule has 0 bridgehead atoms. The van der Waals surface area contributed by atoms with E-state index >= 15 is 0 Å². The molecule has 0 spiro atoms. The number of rotatable bonds is 9. The van der Waals surface area contributed by atoms with Gasteiger partial charge in [0, 0.05) is 25.9 Å². The van der Waals surface area contributed by atoms with Crippen molar-refractivity contribution in [2.24, 2.45) is 5.41 Å². The van der Waals surface area contributed by atoms with Crippen molar-refractivity contribution in [3.05, 3.63) is 41.0 Å². The summed E-state index contributed by atoms with van der Waals surface area (Å²) in [5, 5.41) is 24.6. The Balaban J connectivity index is 1.66. The smallest absolute Gasteiger partial charge is 0.303 e. The van der Waals surface area contributed by atoms with E-state index in [9.17, 15) is 24.3 Å². The van der Waals surface area contributed by atoms with Crippen LogP contribution in [0.5, 0.6) is 0 Å². The lowest BCUT2D eigenvalue weighted by Gasteiger charge is -2.35. The van der Waals surface area contributed by atoms with Gasteiger partial charge in [-0.15, -0.1) is 11.3 Å². The number of hydrogen-bond acceptors (Lipinski definition) is 7. The summed E-state index contributed by atoms with van der Waals surface area (Å²) in [5.41, 5.74) is 3.98. The van der Waals surface area contributed by atoms with Crippen LogP contribution in [-0.4, -0.2) is 68.5 Å². The number of aliphatic hydroxyl groups is 1. The molecule has 10 nitrogen and oxygen atoms in total. The van der Waals surface area contributed by atoms with Crippen LogP contribution in [0.4, 0.5) is 0 Å². The zero-order valence-corrected chi connectivity index (χ0v) is 22.3. The first-order valence-corrected chi connectivity index (χ1v) is 13.0. The maximum Gasteiger partial charge on any atom is 0.303 e. The summed E-state index contributed by atoms with van der Waals surface area (Å²) in [6.07, 6.45) is -1.39. The summed E-state index contributed by atoms with van der Waals surface area (Å²) >= 11 is 1.56. The number of aliphatic hydroxyl groups excluding tert-OH is 1. The maximum atomic E-state index is 13.5. The molecule has 0 aliphatic carbocycles. The highest BCUT2D eigenvalue weighted by molar-refractivity contribution is 7.13. The molecule has 1 aromatic carbocycles. The third-order valence-electron chi connectivity index (χ3n) is 6.28. The first-order chi connectivity index (χ1) is 17.4. The van der Waals surface area contributed by atoms with Crippen molar-refractivity contribution in [3.8, 4) is 10.4 Å². The Morgan fingerprint density at radius 3 is 2.41 bits per heavy atom. The number of carboxylic acids is 1. The van der Waals surface area contributed by atoms with Crippen molar-refractivity contribution in [2.45, 2.75) is 71.7 Å². The van der Waals surface area contributed by atoms with E-state index in [1.54, 1.807) is 37.6 Å². The van der Waals surface area contributed by atoms with Gasteiger partial charge in [0.1, 0.15) is 12.1 Å². The Kier molecular flexibility index (Phi) is 9.03. The Morgan fingerprint density at radius 1 is 1.16 bits per heavy atom. The summed E-state index contributed by atoms with van der Waals surface area (Å²) in [6.45, 7) is 7.49. The van der Waals surface area contributed by atoms with Crippen LogP contribution in [0.1, 0.15) is 51.3 Å². The van der Waals surface area contributed by atoms with E-state index in [1.165, 1.54) is 4.90 Å². The van der Waals surface area contributed by atoms with Crippen molar-refractivity contribution >= 4 is 35.0 Å². The van der Waals surface area contributed by atoms with Crippen LogP contribution < -0.4 is 10.6 Å². The topological polar surface area (TPSA) is 149 Å². The highest BCUT2D eigenvalue weighted by atomic mass is 32.1. The number of likely N-dealkylation sites (tertiary alicyclic amines) is 1. The Bertz CT molecular complexity index is 1140. The standard InChI is InChI=1S/C26H34N4O6S/c1-15-22(37-14-28-15)17-7-5-16(6-8-17)12-27-24(35)19-11-18(31)13-30(19)25(36)23(26(2,3)4)29-20(32)9-10-21(33)34/h5-8,14,18-19,23,31H,9-13H2,1-4H3,(H,27,35)(H,29,32)(H,33,34)/t18-,19-,23+/m1/s1. The second-order valence-corrected chi connectivity index (χ2v) is 11.2. The number of carbonyl (C=O) groups is 4. The minimum atomic E-state index is -1.11.